The maximum Gasteiger partial charge on any atom is 0.396 e. The lowest BCUT2D eigenvalue weighted by Crippen LogP contribution is -2.66. The van der Waals surface area contributed by atoms with Gasteiger partial charge in [-0.05, 0) is 18.0 Å². The molecule has 2 fully saturated rings. The van der Waals surface area contributed by atoms with Crippen LogP contribution in [0.25, 0.3) is 0 Å². The van der Waals surface area contributed by atoms with Gasteiger partial charge in [0.2, 0.25) is 0 Å². The molecule has 2 aliphatic heterocycles. The van der Waals surface area contributed by atoms with Crippen LogP contribution in [0.3, 0.4) is 0 Å². The molecule has 2 saturated heterocycles. The van der Waals surface area contributed by atoms with Crippen molar-refractivity contribution < 1.29 is 66.8 Å². The summed E-state index contributed by atoms with van der Waals surface area (Å²) >= 11 is 4.61. The third-order valence-corrected chi connectivity index (χ3v) is 5.00. The zero-order valence-electron chi connectivity index (χ0n) is 20.8. The van der Waals surface area contributed by atoms with Crippen LogP contribution < -0.4 is 5.32 Å². The molecule has 1 N–H and O–H groups in total. The number of nitrogens with one attached hydrogen (secondary N) is 1. The van der Waals surface area contributed by atoms with E-state index in [1.807, 2.05) is 0 Å². The normalized spacial score (nSPS) is 20.2. The SMILES string of the molecule is C.COC(=O)C(=O)Cl.COC(=O)C(=O)N1[C@H](C(=O)OC)C[C@H]1C(=O)OC.COC(=O)[C@@H]1C[C@@H](C(=O)OC)N1. The number of rotatable bonds is 5. The van der Waals surface area contributed by atoms with Crippen LogP contribution in [0.15, 0.2) is 0 Å². The summed E-state index contributed by atoms with van der Waals surface area (Å²) < 4.78 is 26.0. The second-order valence-electron chi connectivity index (χ2n) is 6.84. The highest BCUT2D eigenvalue weighted by Gasteiger charge is 2.52. The summed E-state index contributed by atoms with van der Waals surface area (Å²) in [4.78, 5) is 87.4. The van der Waals surface area contributed by atoms with Gasteiger partial charge < -0.3 is 33.3 Å². The molecule has 0 bridgehead atoms. The molecule has 2 rings (SSSR count). The zero-order chi connectivity index (χ0) is 28.9. The molecule has 0 aliphatic carbocycles. The van der Waals surface area contributed by atoms with E-state index in [1.54, 1.807) is 0 Å². The van der Waals surface area contributed by atoms with Gasteiger partial charge in [-0.15, -0.1) is 0 Å². The number of nitrogens with zero attached hydrogens (tertiary/aromatic N) is 1. The van der Waals surface area contributed by atoms with Crippen molar-refractivity contribution in [2.75, 3.05) is 42.7 Å². The van der Waals surface area contributed by atoms with Crippen LogP contribution in [0, 0.1) is 0 Å². The first kappa shape index (κ1) is 36.4. The molecule has 16 nitrogen and oxygen atoms in total. The number of hydrogen-bond acceptors (Lipinski definition) is 15. The molecule has 216 valence electrons. The fourth-order valence-electron chi connectivity index (χ4n) is 2.83. The van der Waals surface area contributed by atoms with Crippen LogP contribution in [0.5, 0.6) is 0 Å². The van der Waals surface area contributed by atoms with Gasteiger partial charge in [-0.25, -0.2) is 19.2 Å². The van der Waals surface area contributed by atoms with Crippen molar-refractivity contribution in [2.45, 2.75) is 44.4 Å². The molecule has 2 heterocycles. The summed E-state index contributed by atoms with van der Waals surface area (Å²) in [5, 5.41) is 1.64. The molecule has 0 saturated carbocycles. The van der Waals surface area contributed by atoms with E-state index in [9.17, 15) is 38.4 Å². The summed E-state index contributed by atoms with van der Waals surface area (Å²) in [6, 6.07) is -2.63. The summed E-state index contributed by atoms with van der Waals surface area (Å²) in [5.74, 6) is -5.33. The lowest BCUT2D eigenvalue weighted by Gasteiger charge is -2.43. The number of carbonyl (C=O) groups is 8. The summed E-state index contributed by atoms with van der Waals surface area (Å²) in [6.45, 7) is 0. The Hall–Kier alpha value is -3.79. The molecule has 17 heteroatoms. The van der Waals surface area contributed by atoms with Gasteiger partial charge in [0.15, 0.2) is 0 Å². The van der Waals surface area contributed by atoms with E-state index in [0.717, 1.165) is 33.3 Å². The van der Waals surface area contributed by atoms with Crippen molar-refractivity contribution in [1.82, 2.24) is 10.2 Å². The number of ether oxygens (including phenoxy) is 6. The van der Waals surface area contributed by atoms with Crippen molar-refractivity contribution in [2.24, 2.45) is 0 Å². The lowest BCUT2D eigenvalue weighted by atomic mass is 9.92. The highest BCUT2D eigenvalue weighted by Crippen LogP contribution is 2.28. The van der Waals surface area contributed by atoms with Crippen LogP contribution in [0.2, 0.25) is 0 Å². The van der Waals surface area contributed by atoms with Crippen LogP contribution in [-0.2, 0) is 66.8 Å². The van der Waals surface area contributed by atoms with Gasteiger partial charge in [-0.2, -0.15) is 0 Å². The highest BCUT2D eigenvalue weighted by molar-refractivity contribution is 6.80. The van der Waals surface area contributed by atoms with E-state index < -0.39 is 47.1 Å². The lowest BCUT2D eigenvalue weighted by molar-refractivity contribution is -0.180. The van der Waals surface area contributed by atoms with E-state index in [4.69, 9.17) is 0 Å². The topological polar surface area (TPSA) is 207 Å². The first-order valence-corrected chi connectivity index (χ1v) is 10.5. The number of likely N-dealkylation sites (tertiary alicyclic amines) is 1. The maximum absolute atomic E-state index is 11.7. The minimum atomic E-state index is -1.16. The number of esters is 6. The van der Waals surface area contributed by atoms with E-state index in [2.05, 4.69) is 45.3 Å². The Balaban J connectivity index is 0. The van der Waals surface area contributed by atoms with E-state index >= 15 is 0 Å². The monoisotopic (exact) mass is 570 g/mol. The molecule has 0 radical (unpaired) electrons. The number of carbonyl (C=O) groups excluding carboxylic acids is 8. The molecule has 0 aromatic rings. The molecular formula is C21H31ClN2O14. The minimum Gasteiger partial charge on any atom is -0.468 e. The predicted molar refractivity (Wildman–Crippen MR) is 124 cm³/mol. The van der Waals surface area contributed by atoms with E-state index in [-0.39, 0.29) is 37.9 Å². The highest BCUT2D eigenvalue weighted by atomic mass is 35.5. The molecule has 0 aromatic carbocycles. The van der Waals surface area contributed by atoms with Crippen molar-refractivity contribution in [3.63, 3.8) is 0 Å². The zero-order valence-corrected chi connectivity index (χ0v) is 21.5. The van der Waals surface area contributed by atoms with Crippen molar-refractivity contribution >= 4 is 58.6 Å². The van der Waals surface area contributed by atoms with Crippen molar-refractivity contribution in [3.8, 4) is 0 Å². The molecule has 4 atom stereocenters. The van der Waals surface area contributed by atoms with Crippen molar-refractivity contribution in [1.29, 1.82) is 0 Å². The average molecular weight is 571 g/mol. The third kappa shape index (κ3) is 9.93. The molecule has 1 amide bonds. The fourth-order valence-corrected chi connectivity index (χ4v) is 2.91. The van der Waals surface area contributed by atoms with Gasteiger partial charge in [0, 0.05) is 6.42 Å². The minimum absolute atomic E-state index is 0. The number of amides is 1. The maximum atomic E-state index is 11.7. The van der Waals surface area contributed by atoms with Gasteiger partial charge in [-0.1, -0.05) is 7.43 Å². The third-order valence-electron chi connectivity index (χ3n) is 4.85. The average Bonchev–Trinajstić information content (AvgIpc) is 2.85. The van der Waals surface area contributed by atoms with Gasteiger partial charge in [-0.3, -0.25) is 24.5 Å². The second-order valence-corrected chi connectivity index (χ2v) is 7.18. The Labute approximate surface area is 223 Å². The Morgan fingerprint density at radius 3 is 1.18 bits per heavy atom. The van der Waals surface area contributed by atoms with Crippen molar-refractivity contribution in [3.05, 3.63) is 0 Å². The summed E-state index contributed by atoms with van der Waals surface area (Å²) in [6.07, 6.45) is 0.515. The summed E-state index contributed by atoms with van der Waals surface area (Å²) in [5.41, 5.74) is 0. The molecular weight excluding hydrogens is 540 g/mol. The molecule has 38 heavy (non-hydrogen) atoms. The van der Waals surface area contributed by atoms with Gasteiger partial charge >= 0.3 is 47.0 Å². The Kier molecular flexibility index (Phi) is 16.9. The summed E-state index contributed by atoms with van der Waals surface area (Å²) in [7, 11) is 7.04. The Morgan fingerprint density at radius 2 is 0.947 bits per heavy atom. The number of hydrogen-bond donors (Lipinski definition) is 1. The van der Waals surface area contributed by atoms with Crippen LogP contribution in [0.4, 0.5) is 0 Å². The fraction of sp³-hybridized carbons (Fsp3) is 0.619. The quantitative estimate of drug-likeness (QED) is 0.166. The number of methoxy groups -OCH3 is 6. The Bertz CT molecular complexity index is 860. The van der Waals surface area contributed by atoms with Crippen LogP contribution in [-0.4, -0.2) is 119 Å². The standard InChI is InChI=1S/C10H13NO7.C7H11NO4.C3H3ClO3.CH4/c1-16-8(13)5-4-6(9(14)17-2)11(5)7(12)10(15)18-3;1-11-6(9)4-3-5(8-4)7(10)12-2;1-7-3(6)2(4)5;/h5-6H,4H2,1-3H3;4-5,8H,3H2,1-2H3;1H3;1H4/t5-,6-;4-,5-;;/m00../s1. The van der Waals surface area contributed by atoms with Gasteiger partial charge in [0.05, 0.1) is 42.7 Å². The first-order chi connectivity index (χ1) is 17.3. The molecule has 0 unspecified atom stereocenters. The van der Waals surface area contributed by atoms with E-state index in [1.165, 1.54) is 14.2 Å². The van der Waals surface area contributed by atoms with E-state index in [0.29, 0.717) is 6.42 Å². The molecule has 0 spiro atoms. The van der Waals surface area contributed by atoms with Gasteiger partial charge in [0.25, 0.3) is 0 Å². The second kappa shape index (κ2) is 17.6. The predicted octanol–water partition coefficient (Wildman–Crippen LogP) is -1.90. The smallest absolute Gasteiger partial charge is 0.396 e. The Morgan fingerprint density at radius 1 is 0.605 bits per heavy atom. The van der Waals surface area contributed by atoms with Gasteiger partial charge in [0.1, 0.15) is 24.2 Å². The molecule has 0 aromatic heterocycles. The number of halogens is 1. The molecule has 2 aliphatic rings. The first-order valence-electron chi connectivity index (χ1n) is 10.1. The van der Waals surface area contributed by atoms with Crippen LogP contribution >= 0.6 is 11.6 Å². The largest absolute Gasteiger partial charge is 0.468 e. The van der Waals surface area contributed by atoms with Crippen LogP contribution in [0.1, 0.15) is 20.3 Å².